The molecule has 0 N–H and O–H groups in total. The molecule has 0 radical (unpaired) electrons. The zero-order chi connectivity index (χ0) is 17.2. The van der Waals surface area contributed by atoms with E-state index in [1.165, 1.54) is 4.88 Å². The Balaban J connectivity index is 1.70. The molecule has 3 heterocycles. The second kappa shape index (κ2) is 6.81. The fourth-order valence-electron chi connectivity index (χ4n) is 3.62. The predicted octanol–water partition coefficient (Wildman–Crippen LogP) is 5.10. The normalized spacial score (nSPS) is 17.0. The summed E-state index contributed by atoms with van der Waals surface area (Å²) in [5.74, 6) is 0.122. The molecule has 25 heavy (non-hydrogen) atoms. The smallest absolute Gasteiger partial charge is 0.255 e. The zero-order valence-electron chi connectivity index (χ0n) is 14.2. The van der Waals surface area contributed by atoms with Gasteiger partial charge in [-0.15, -0.1) is 11.3 Å². The lowest BCUT2D eigenvalue weighted by Crippen LogP contribution is -2.31. The Labute approximate surface area is 152 Å². The number of aryl methyl sites for hydroxylation is 1. The number of hydrogen-bond donors (Lipinski definition) is 0. The number of carbonyl (C=O) groups is 1. The Morgan fingerprint density at radius 3 is 2.72 bits per heavy atom. The number of thiophene rings is 1. The first-order chi connectivity index (χ1) is 12.3. The number of aromatic nitrogens is 1. The SMILES string of the molecule is Cc1scc(C(=O)N2CCC[C@H]2c2ccccn2)c1-c1ccccc1. The Bertz CT molecular complexity index is 873. The molecular formula is C21H20N2OS. The van der Waals surface area contributed by atoms with Crippen molar-refractivity contribution in [2.24, 2.45) is 0 Å². The van der Waals surface area contributed by atoms with E-state index in [2.05, 4.69) is 24.0 Å². The van der Waals surface area contributed by atoms with Gasteiger partial charge in [0.25, 0.3) is 5.91 Å². The van der Waals surface area contributed by atoms with E-state index in [0.29, 0.717) is 0 Å². The van der Waals surface area contributed by atoms with Crippen molar-refractivity contribution in [3.05, 3.63) is 76.2 Å². The highest BCUT2D eigenvalue weighted by Gasteiger charge is 2.33. The summed E-state index contributed by atoms with van der Waals surface area (Å²) in [6.45, 7) is 2.88. The summed E-state index contributed by atoms with van der Waals surface area (Å²) in [5.41, 5.74) is 3.98. The Morgan fingerprint density at radius 2 is 1.96 bits per heavy atom. The highest BCUT2D eigenvalue weighted by atomic mass is 32.1. The van der Waals surface area contributed by atoms with Crippen molar-refractivity contribution in [1.82, 2.24) is 9.88 Å². The maximum Gasteiger partial charge on any atom is 0.255 e. The van der Waals surface area contributed by atoms with E-state index in [4.69, 9.17) is 0 Å². The van der Waals surface area contributed by atoms with Crippen LogP contribution in [0.3, 0.4) is 0 Å². The molecule has 1 fully saturated rings. The number of amides is 1. The first-order valence-corrected chi connectivity index (χ1v) is 9.49. The largest absolute Gasteiger partial charge is 0.330 e. The van der Waals surface area contributed by atoms with Gasteiger partial charge in [-0.2, -0.15) is 0 Å². The number of hydrogen-bond acceptors (Lipinski definition) is 3. The van der Waals surface area contributed by atoms with Crippen LogP contribution < -0.4 is 0 Å². The number of nitrogens with zero attached hydrogens (tertiary/aromatic N) is 2. The van der Waals surface area contributed by atoms with Crippen molar-refractivity contribution in [1.29, 1.82) is 0 Å². The molecule has 1 atom stereocenters. The van der Waals surface area contributed by atoms with E-state index < -0.39 is 0 Å². The summed E-state index contributed by atoms with van der Waals surface area (Å²) in [6.07, 6.45) is 3.81. The van der Waals surface area contributed by atoms with Crippen LogP contribution >= 0.6 is 11.3 Å². The minimum Gasteiger partial charge on any atom is -0.330 e. The summed E-state index contributed by atoms with van der Waals surface area (Å²) in [6, 6.07) is 16.2. The molecular weight excluding hydrogens is 328 g/mol. The molecule has 1 aliphatic heterocycles. The van der Waals surface area contributed by atoms with Crippen LogP contribution in [0.2, 0.25) is 0 Å². The molecule has 2 aromatic heterocycles. The van der Waals surface area contributed by atoms with Crippen molar-refractivity contribution < 1.29 is 4.79 Å². The van der Waals surface area contributed by atoms with Crippen LogP contribution in [0.15, 0.2) is 60.1 Å². The quantitative estimate of drug-likeness (QED) is 0.660. The van der Waals surface area contributed by atoms with Crippen molar-refractivity contribution in [3.8, 4) is 11.1 Å². The van der Waals surface area contributed by atoms with Gasteiger partial charge in [-0.1, -0.05) is 36.4 Å². The number of pyridine rings is 1. The van der Waals surface area contributed by atoms with E-state index in [0.717, 1.165) is 41.8 Å². The summed E-state index contributed by atoms with van der Waals surface area (Å²) in [4.78, 5) is 21.0. The molecule has 4 rings (SSSR count). The van der Waals surface area contributed by atoms with Crippen LogP contribution in [0.5, 0.6) is 0 Å². The maximum absolute atomic E-state index is 13.3. The minimum absolute atomic E-state index is 0.0810. The molecule has 4 heteroatoms. The van der Waals surface area contributed by atoms with Crippen LogP contribution in [0.25, 0.3) is 11.1 Å². The van der Waals surface area contributed by atoms with E-state index >= 15 is 0 Å². The minimum atomic E-state index is 0.0810. The molecule has 1 saturated heterocycles. The summed E-state index contributed by atoms with van der Waals surface area (Å²) in [7, 11) is 0. The molecule has 1 aliphatic rings. The summed E-state index contributed by atoms with van der Waals surface area (Å²) < 4.78 is 0. The molecule has 3 aromatic rings. The van der Waals surface area contributed by atoms with E-state index in [1.807, 2.05) is 46.7 Å². The Hall–Kier alpha value is -2.46. The van der Waals surface area contributed by atoms with Crippen molar-refractivity contribution >= 4 is 17.2 Å². The molecule has 0 aliphatic carbocycles. The molecule has 0 spiro atoms. The summed E-state index contributed by atoms with van der Waals surface area (Å²) in [5, 5.41) is 2.01. The number of benzene rings is 1. The van der Waals surface area contributed by atoms with Gasteiger partial charge in [0, 0.05) is 28.6 Å². The van der Waals surface area contributed by atoms with Gasteiger partial charge in [0.2, 0.25) is 0 Å². The summed E-state index contributed by atoms with van der Waals surface area (Å²) >= 11 is 1.65. The van der Waals surface area contributed by atoms with Crippen LogP contribution in [0, 0.1) is 6.92 Å². The monoisotopic (exact) mass is 348 g/mol. The van der Waals surface area contributed by atoms with Crippen LogP contribution in [0.4, 0.5) is 0 Å². The number of likely N-dealkylation sites (tertiary alicyclic amines) is 1. The fraction of sp³-hybridized carbons (Fsp3) is 0.238. The van der Waals surface area contributed by atoms with Gasteiger partial charge in [0.05, 0.1) is 17.3 Å². The van der Waals surface area contributed by atoms with Gasteiger partial charge in [-0.3, -0.25) is 9.78 Å². The standard InChI is InChI=1S/C21H20N2OS/c1-15-20(16-8-3-2-4-9-16)17(14-25-15)21(24)23-13-7-11-19(23)18-10-5-6-12-22-18/h2-6,8-10,12,14,19H,7,11,13H2,1H3/t19-/m0/s1. The zero-order valence-corrected chi connectivity index (χ0v) is 15.0. The molecule has 0 unspecified atom stereocenters. The average Bonchev–Trinajstić information content (AvgIpc) is 3.29. The second-order valence-electron chi connectivity index (χ2n) is 6.36. The fourth-order valence-corrected chi connectivity index (χ4v) is 4.48. The van der Waals surface area contributed by atoms with E-state index in [-0.39, 0.29) is 11.9 Å². The highest BCUT2D eigenvalue weighted by molar-refractivity contribution is 7.10. The van der Waals surface area contributed by atoms with Gasteiger partial charge < -0.3 is 4.90 Å². The molecule has 0 saturated carbocycles. The van der Waals surface area contributed by atoms with Crippen LogP contribution in [-0.4, -0.2) is 22.3 Å². The van der Waals surface area contributed by atoms with Gasteiger partial charge >= 0.3 is 0 Å². The third kappa shape index (κ3) is 2.98. The maximum atomic E-state index is 13.3. The highest BCUT2D eigenvalue weighted by Crippen LogP contribution is 2.37. The first kappa shape index (κ1) is 16.0. The topological polar surface area (TPSA) is 33.2 Å². The van der Waals surface area contributed by atoms with Crippen LogP contribution in [0.1, 0.15) is 39.8 Å². The van der Waals surface area contributed by atoms with Gasteiger partial charge in [0.1, 0.15) is 0 Å². The molecule has 126 valence electrons. The van der Waals surface area contributed by atoms with Gasteiger partial charge in [-0.25, -0.2) is 0 Å². The Kier molecular flexibility index (Phi) is 4.36. The first-order valence-electron chi connectivity index (χ1n) is 8.61. The molecule has 3 nitrogen and oxygen atoms in total. The predicted molar refractivity (Wildman–Crippen MR) is 102 cm³/mol. The van der Waals surface area contributed by atoms with E-state index in [9.17, 15) is 4.79 Å². The van der Waals surface area contributed by atoms with Crippen molar-refractivity contribution in [2.45, 2.75) is 25.8 Å². The second-order valence-corrected chi connectivity index (χ2v) is 7.44. The number of rotatable bonds is 3. The third-order valence-corrected chi connectivity index (χ3v) is 5.72. The average molecular weight is 348 g/mol. The molecule has 1 amide bonds. The molecule has 1 aromatic carbocycles. The lowest BCUT2D eigenvalue weighted by Gasteiger charge is -2.24. The third-order valence-electron chi connectivity index (χ3n) is 4.81. The van der Waals surface area contributed by atoms with Gasteiger partial charge in [-0.05, 0) is 37.5 Å². The van der Waals surface area contributed by atoms with Crippen molar-refractivity contribution in [3.63, 3.8) is 0 Å². The van der Waals surface area contributed by atoms with E-state index in [1.54, 1.807) is 17.5 Å². The van der Waals surface area contributed by atoms with Gasteiger partial charge in [0.15, 0.2) is 0 Å². The van der Waals surface area contributed by atoms with Crippen LogP contribution in [-0.2, 0) is 0 Å². The lowest BCUT2D eigenvalue weighted by atomic mass is 10.0. The van der Waals surface area contributed by atoms with Crippen molar-refractivity contribution in [2.75, 3.05) is 6.54 Å². The Morgan fingerprint density at radius 1 is 1.16 bits per heavy atom. The molecule has 0 bridgehead atoms. The number of carbonyl (C=O) groups excluding carboxylic acids is 1. The lowest BCUT2D eigenvalue weighted by molar-refractivity contribution is 0.0734.